The van der Waals surface area contributed by atoms with Gasteiger partial charge in [-0.15, -0.1) is 0 Å². The molecule has 0 radical (unpaired) electrons. The van der Waals surface area contributed by atoms with Crippen LogP contribution in [-0.2, 0) is 13.5 Å². The Morgan fingerprint density at radius 1 is 1.22 bits per heavy atom. The largest absolute Gasteiger partial charge is 0.384 e. The highest BCUT2D eigenvalue weighted by Crippen LogP contribution is 2.34. The molecule has 0 fully saturated rings. The maximum Gasteiger partial charge on any atom is 0.260 e. The first-order valence-corrected chi connectivity index (χ1v) is 13.6. The number of rotatable bonds is 5. The fraction of sp³-hybridized carbons (Fsp3) is 0.344. The van der Waals surface area contributed by atoms with Crippen LogP contribution in [0.4, 0.5) is 10.1 Å². The molecule has 1 atom stereocenters. The molecule has 5 heterocycles. The van der Waals surface area contributed by atoms with E-state index < -0.39 is 25.7 Å². The molecule has 41 heavy (non-hydrogen) atoms. The van der Waals surface area contributed by atoms with Crippen LogP contribution in [0.25, 0.3) is 22.3 Å². The first kappa shape index (κ1) is 20.6. The van der Waals surface area contributed by atoms with Gasteiger partial charge in [0.05, 0.1) is 5.69 Å². The van der Waals surface area contributed by atoms with Crippen LogP contribution >= 0.6 is 0 Å². The summed E-state index contributed by atoms with van der Waals surface area (Å²) < 4.78 is 64.4. The molecule has 8 nitrogen and oxygen atoms in total. The van der Waals surface area contributed by atoms with E-state index in [4.69, 9.17) is 8.22 Å². The minimum absolute atomic E-state index is 0.0426. The van der Waals surface area contributed by atoms with Crippen molar-refractivity contribution in [3.8, 4) is 5.69 Å². The van der Waals surface area contributed by atoms with Crippen molar-refractivity contribution >= 4 is 28.2 Å². The van der Waals surface area contributed by atoms with Crippen molar-refractivity contribution in [2.45, 2.75) is 32.7 Å². The lowest BCUT2D eigenvalue weighted by molar-refractivity contribution is 0.0827. The zero-order valence-electron chi connectivity index (χ0n) is 29.2. The van der Waals surface area contributed by atoms with E-state index in [1.54, 1.807) is 23.9 Å². The SMILES string of the molecule is [2H]C([2H])([2H])N(C(=O)c1cc(C)c(C2=CCN([C@@H](C)c3cc4c(-n5ccc6c(c5=O)CCN6)ccnc4n3C)CC2)c(F)c1)C([2H])([2H])[2H]. The molecule has 2 aliphatic heterocycles. The van der Waals surface area contributed by atoms with Crippen molar-refractivity contribution in [1.29, 1.82) is 0 Å². The molecular formula is C32H35FN6O2. The van der Waals surface area contributed by atoms with E-state index in [0.29, 0.717) is 37.1 Å². The number of fused-ring (bicyclic) bond motifs is 2. The molecule has 1 amide bonds. The van der Waals surface area contributed by atoms with Crippen molar-refractivity contribution in [3.05, 3.63) is 92.9 Å². The Labute approximate surface area is 247 Å². The number of pyridine rings is 2. The van der Waals surface area contributed by atoms with Crippen LogP contribution in [0, 0.1) is 12.7 Å². The Morgan fingerprint density at radius 3 is 2.78 bits per heavy atom. The number of halogens is 1. The van der Waals surface area contributed by atoms with Gasteiger partial charge in [0.2, 0.25) is 0 Å². The van der Waals surface area contributed by atoms with Crippen molar-refractivity contribution in [1.82, 2.24) is 23.9 Å². The van der Waals surface area contributed by atoms with E-state index in [0.717, 1.165) is 51.8 Å². The molecule has 6 rings (SSSR count). The number of benzene rings is 1. The summed E-state index contributed by atoms with van der Waals surface area (Å²) in [7, 11) is 1.95. The third-order valence-corrected chi connectivity index (χ3v) is 8.36. The van der Waals surface area contributed by atoms with Crippen molar-refractivity contribution in [3.63, 3.8) is 0 Å². The van der Waals surface area contributed by atoms with E-state index in [2.05, 4.69) is 28.2 Å². The molecule has 9 heteroatoms. The van der Waals surface area contributed by atoms with Gasteiger partial charge in [-0.2, -0.15) is 0 Å². The molecule has 2 aliphatic rings. The lowest BCUT2D eigenvalue weighted by Gasteiger charge is -2.32. The molecule has 4 aromatic rings. The van der Waals surface area contributed by atoms with Crippen molar-refractivity contribution < 1.29 is 17.4 Å². The summed E-state index contributed by atoms with van der Waals surface area (Å²) >= 11 is 0. The van der Waals surface area contributed by atoms with Crippen LogP contribution in [0.3, 0.4) is 0 Å². The number of carbonyl (C=O) groups is 1. The number of nitrogens with zero attached hydrogens (tertiary/aromatic N) is 5. The minimum Gasteiger partial charge on any atom is -0.384 e. The maximum atomic E-state index is 15.5. The summed E-state index contributed by atoms with van der Waals surface area (Å²) in [5.41, 5.74) is 5.26. The van der Waals surface area contributed by atoms with Crippen LogP contribution in [0.1, 0.15) is 60.4 Å². The highest BCUT2D eigenvalue weighted by atomic mass is 19.1. The van der Waals surface area contributed by atoms with E-state index in [-0.39, 0.29) is 22.1 Å². The van der Waals surface area contributed by atoms with Crippen LogP contribution in [0.5, 0.6) is 0 Å². The summed E-state index contributed by atoms with van der Waals surface area (Å²) in [5.74, 6) is -2.01. The summed E-state index contributed by atoms with van der Waals surface area (Å²) in [6.45, 7) is -0.878. The molecular weight excluding hydrogens is 519 g/mol. The van der Waals surface area contributed by atoms with Gasteiger partial charge in [-0.25, -0.2) is 9.37 Å². The molecule has 0 bridgehead atoms. The lowest BCUT2D eigenvalue weighted by atomic mass is 9.92. The summed E-state index contributed by atoms with van der Waals surface area (Å²) in [5, 5.41) is 4.11. The normalized spacial score (nSPS) is 18.7. The number of carbonyl (C=O) groups excluding carboxylic acids is 1. The van der Waals surface area contributed by atoms with Gasteiger partial charge in [0.25, 0.3) is 11.5 Å². The zero-order valence-corrected chi connectivity index (χ0v) is 23.2. The number of hydrogen-bond acceptors (Lipinski definition) is 5. The topological polar surface area (TPSA) is 75.4 Å². The number of hydrogen-bond donors (Lipinski definition) is 1. The van der Waals surface area contributed by atoms with Gasteiger partial charge in [-0.05, 0) is 68.2 Å². The predicted octanol–water partition coefficient (Wildman–Crippen LogP) is 4.69. The number of aromatic nitrogens is 3. The van der Waals surface area contributed by atoms with Gasteiger partial charge < -0.3 is 14.8 Å². The number of anilines is 1. The van der Waals surface area contributed by atoms with E-state index in [9.17, 15) is 9.59 Å². The summed E-state index contributed by atoms with van der Waals surface area (Å²) in [4.78, 5) is 33.0. The van der Waals surface area contributed by atoms with Crippen molar-refractivity contribution in [2.75, 3.05) is 38.9 Å². The fourth-order valence-corrected chi connectivity index (χ4v) is 6.19. The second-order valence-corrected chi connectivity index (χ2v) is 10.7. The zero-order chi connectivity index (χ0) is 34.0. The number of nitrogens with one attached hydrogen (secondary N) is 1. The first-order valence-electron chi connectivity index (χ1n) is 16.6. The average Bonchev–Trinajstić information content (AvgIpc) is 3.61. The van der Waals surface area contributed by atoms with E-state index in [1.807, 2.05) is 29.8 Å². The fourth-order valence-electron chi connectivity index (χ4n) is 6.19. The third kappa shape index (κ3) is 4.54. The first-order chi connectivity index (χ1) is 22.1. The Kier molecular flexibility index (Phi) is 5.18. The summed E-state index contributed by atoms with van der Waals surface area (Å²) in [6, 6.07) is 8.05. The molecule has 0 saturated carbocycles. The van der Waals surface area contributed by atoms with Gasteiger partial charge in [-0.3, -0.25) is 19.1 Å². The van der Waals surface area contributed by atoms with Crippen LogP contribution in [-0.4, -0.2) is 63.4 Å². The average molecular weight is 561 g/mol. The Balaban J connectivity index is 1.26. The van der Waals surface area contributed by atoms with E-state index in [1.165, 1.54) is 6.07 Å². The quantitative estimate of drug-likeness (QED) is 0.383. The van der Waals surface area contributed by atoms with Gasteiger partial charge >= 0.3 is 0 Å². The standard InChI is InChI=1S/C32H35FN6O2/c1-19-16-22(31(40)36(3)4)17-25(33)29(19)21-8-13-38(14-9-21)20(2)28-18-24-27(7-12-35-30(24)37(28)5)39-15-10-26-23(32(39)41)6-11-34-26/h7-8,10,12,15-18,20,34H,6,9,11,13-14H2,1-5H3/t20-/m0/s1/i3D3,4D3. The number of amides is 1. The van der Waals surface area contributed by atoms with Crippen molar-refractivity contribution in [2.24, 2.45) is 7.05 Å². The van der Waals surface area contributed by atoms with Crippen LogP contribution < -0.4 is 10.9 Å². The molecule has 0 spiro atoms. The second-order valence-electron chi connectivity index (χ2n) is 10.7. The Hall–Kier alpha value is -4.24. The molecule has 212 valence electrons. The summed E-state index contributed by atoms with van der Waals surface area (Å²) in [6.07, 6.45) is 6.64. The maximum absolute atomic E-state index is 15.5. The van der Waals surface area contributed by atoms with Gasteiger partial charge in [0.15, 0.2) is 0 Å². The van der Waals surface area contributed by atoms with Crippen LogP contribution in [0.2, 0.25) is 0 Å². The smallest absolute Gasteiger partial charge is 0.260 e. The third-order valence-electron chi connectivity index (χ3n) is 8.36. The van der Waals surface area contributed by atoms with Gasteiger partial charge in [0.1, 0.15) is 11.5 Å². The monoisotopic (exact) mass is 560 g/mol. The van der Waals surface area contributed by atoms with Crippen LogP contribution in [0.15, 0.2) is 53.6 Å². The lowest BCUT2D eigenvalue weighted by Crippen LogP contribution is -2.32. The molecule has 1 aromatic carbocycles. The molecule has 0 unspecified atom stereocenters. The minimum atomic E-state index is -3.23. The second kappa shape index (κ2) is 10.3. The predicted molar refractivity (Wildman–Crippen MR) is 160 cm³/mol. The van der Waals surface area contributed by atoms with E-state index >= 15 is 4.39 Å². The highest BCUT2D eigenvalue weighted by Gasteiger charge is 2.26. The molecule has 1 N–H and O–H groups in total. The highest BCUT2D eigenvalue weighted by molar-refractivity contribution is 5.94. The molecule has 0 saturated heterocycles. The van der Waals surface area contributed by atoms with Gasteiger partial charge in [-0.1, -0.05) is 6.08 Å². The Morgan fingerprint density at radius 2 is 2.05 bits per heavy atom. The number of aryl methyl sites for hydroxylation is 2. The molecule has 0 aliphatic carbocycles. The Bertz CT molecular complexity index is 1960. The molecule has 3 aromatic heterocycles. The van der Waals surface area contributed by atoms with Gasteiger partial charge in [0, 0.05) is 101 Å².